The molecule has 1 aromatic heterocycles. The van der Waals surface area contributed by atoms with E-state index < -0.39 is 0 Å². The van der Waals surface area contributed by atoms with Gasteiger partial charge < -0.3 is 9.47 Å². The summed E-state index contributed by atoms with van der Waals surface area (Å²) in [5.74, 6) is 0.813. The van der Waals surface area contributed by atoms with E-state index in [0.717, 1.165) is 0 Å². The zero-order valence-electron chi connectivity index (χ0n) is 13.1. The minimum atomic E-state index is -0.288. The van der Waals surface area contributed by atoms with Crippen molar-refractivity contribution < 1.29 is 14.3 Å². The van der Waals surface area contributed by atoms with E-state index in [1.165, 1.54) is 31.5 Å². The first-order chi connectivity index (χ1) is 11.4. The number of halogens is 3. The van der Waals surface area contributed by atoms with Crippen LogP contribution in [0, 0.1) is 0 Å². The summed E-state index contributed by atoms with van der Waals surface area (Å²) >= 11 is 18.4. The molecule has 0 bridgehead atoms. The molecule has 24 heavy (non-hydrogen) atoms. The number of rotatable bonds is 5. The van der Waals surface area contributed by atoms with Crippen LogP contribution >= 0.6 is 34.8 Å². The molecule has 0 saturated heterocycles. The third kappa shape index (κ3) is 3.83. The van der Waals surface area contributed by atoms with E-state index in [4.69, 9.17) is 44.3 Å². The average molecular weight is 391 g/mol. The van der Waals surface area contributed by atoms with E-state index in [1.54, 1.807) is 13.1 Å². The maximum atomic E-state index is 12.6. The Morgan fingerprint density at radius 3 is 2.17 bits per heavy atom. The van der Waals surface area contributed by atoms with E-state index in [9.17, 15) is 4.79 Å². The maximum Gasteiger partial charge on any atom is 0.232 e. The van der Waals surface area contributed by atoms with Crippen molar-refractivity contribution in [3.8, 4) is 11.5 Å². The van der Waals surface area contributed by atoms with Crippen LogP contribution in [0.4, 0.5) is 5.82 Å². The molecule has 0 spiro atoms. The highest BCUT2D eigenvalue weighted by Crippen LogP contribution is 2.40. The van der Waals surface area contributed by atoms with Crippen LogP contribution in [0.15, 0.2) is 18.5 Å². The number of aromatic nitrogens is 2. The smallest absolute Gasteiger partial charge is 0.232 e. The number of methoxy groups -OCH3 is 2. The number of amides is 1. The SMILES string of the molecule is COc1cc(OC)c(Cl)c(CC(=O)N(C)c2cc(Cl)ncn2)c1Cl. The van der Waals surface area contributed by atoms with Gasteiger partial charge in [0.05, 0.1) is 30.7 Å². The first-order valence-electron chi connectivity index (χ1n) is 6.72. The monoisotopic (exact) mass is 389 g/mol. The summed E-state index contributed by atoms with van der Waals surface area (Å²) in [6.45, 7) is 0. The Balaban J connectivity index is 2.34. The van der Waals surface area contributed by atoms with Crippen LogP contribution in [0.5, 0.6) is 11.5 Å². The number of anilines is 1. The lowest BCUT2D eigenvalue weighted by Crippen LogP contribution is -2.29. The fraction of sp³-hybridized carbons (Fsp3) is 0.267. The van der Waals surface area contributed by atoms with Crippen LogP contribution in [0.2, 0.25) is 15.2 Å². The van der Waals surface area contributed by atoms with Crippen LogP contribution in [-0.2, 0) is 11.2 Å². The van der Waals surface area contributed by atoms with Gasteiger partial charge in [0.1, 0.15) is 28.8 Å². The van der Waals surface area contributed by atoms with Crippen LogP contribution < -0.4 is 14.4 Å². The van der Waals surface area contributed by atoms with Crippen LogP contribution in [0.1, 0.15) is 5.56 Å². The van der Waals surface area contributed by atoms with Gasteiger partial charge in [0, 0.05) is 24.7 Å². The van der Waals surface area contributed by atoms with Crippen molar-refractivity contribution in [3.05, 3.63) is 39.2 Å². The number of hydrogen-bond donors (Lipinski definition) is 0. The molecular formula is C15H14Cl3N3O3. The summed E-state index contributed by atoms with van der Waals surface area (Å²) in [5, 5.41) is 0.746. The van der Waals surface area contributed by atoms with Crippen molar-refractivity contribution in [2.75, 3.05) is 26.2 Å². The van der Waals surface area contributed by atoms with E-state index in [1.807, 2.05) is 0 Å². The van der Waals surface area contributed by atoms with Crippen molar-refractivity contribution in [1.82, 2.24) is 9.97 Å². The second-order valence-electron chi connectivity index (χ2n) is 4.72. The average Bonchev–Trinajstić information content (AvgIpc) is 2.58. The Morgan fingerprint density at radius 2 is 1.67 bits per heavy atom. The van der Waals surface area contributed by atoms with E-state index in [2.05, 4.69) is 9.97 Å². The number of carbonyl (C=O) groups is 1. The van der Waals surface area contributed by atoms with Gasteiger partial charge in [-0.15, -0.1) is 0 Å². The second-order valence-corrected chi connectivity index (χ2v) is 5.86. The highest BCUT2D eigenvalue weighted by atomic mass is 35.5. The van der Waals surface area contributed by atoms with Crippen molar-refractivity contribution in [2.24, 2.45) is 0 Å². The highest BCUT2D eigenvalue weighted by molar-refractivity contribution is 6.38. The molecule has 0 saturated carbocycles. The van der Waals surface area contributed by atoms with Crippen LogP contribution in [0.3, 0.4) is 0 Å². The molecule has 6 nitrogen and oxygen atoms in total. The molecular weight excluding hydrogens is 377 g/mol. The highest BCUT2D eigenvalue weighted by Gasteiger charge is 2.22. The normalized spacial score (nSPS) is 10.4. The summed E-state index contributed by atoms with van der Waals surface area (Å²) in [5.41, 5.74) is 0.409. The predicted octanol–water partition coefficient (Wildman–Crippen LogP) is 3.66. The lowest BCUT2D eigenvalue weighted by molar-refractivity contribution is -0.117. The minimum Gasteiger partial charge on any atom is -0.495 e. The summed E-state index contributed by atoms with van der Waals surface area (Å²) in [6, 6.07) is 3.04. The number of likely N-dealkylation sites (N-methyl/N-ethyl adjacent to an activating group) is 1. The lowest BCUT2D eigenvalue weighted by atomic mass is 10.1. The second kappa shape index (κ2) is 7.88. The zero-order chi connectivity index (χ0) is 17.9. The minimum absolute atomic E-state index is 0.0661. The molecule has 9 heteroatoms. The maximum absolute atomic E-state index is 12.6. The Morgan fingerprint density at radius 1 is 1.08 bits per heavy atom. The van der Waals surface area contributed by atoms with Crippen molar-refractivity contribution in [3.63, 3.8) is 0 Å². The van der Waals surface area contributed by atoms with Gasteiger partial charge in [-0.3, -0.25) is 9.69 Å². The van der Waals surface area contributed by atoms with Gasteiger partial charge in [0.25, 0.3) is 0 Å². The van der Waals surface area contributed by atoms with Gasteiger partial charge in [-0.25, -0.2) is 9.97 Å². The fourth-order valence-electron chi connectivity index (χ4n) is 2.00. The van der Waals surface area contributed by atoms with Gasteiger partial charge in [-0.1, -0.05) is 34.8 Å². The van der Waals surface area contributed by atoms with Gasteiger partial charge >= 0.3 is 0 Å². The van der Waals surface area contributed by atoms with E-state index in [-0.39, 0.29) is 27.5 Å². The number of benzene rings is 1. The van der Waals surface area contributed by atoms with Gasteiger partial charge in [-0.2, -0.15) is 0 Å². The van der Waals surface area contributed by atoms with Gasteiger partial charge in [-0.05, 0) is 0 Å². The molecule has 0 fully saturated rings. The number of nitrogens with zero attached hydrogens (tertiary/aromatic N) is 3. The van der Waals surface area contributed by atoms with Crippen LogP contribution in [0.25, 0.3) is 0 Å². The summed E-state index contributed by atoms with van der Waals surface area (Å²) in [6.07, 6.45) is 1.21. The third-order valence-corrected chi connectivity index (χ3v) is 4.37. The molecule has 0 aliphatic heterocycles. The molecule has 0 N–H and O–H groups in total. The standard InChI is InChI=1S/C15H14Cl3N3O3/c1-21(12-6-11(16)19-7-20-12)13(22)4-8-14(17)9(23-2)5-10(24-3)15(8)18/h5-7H,4H2,1-3H3. The first kappa shape index (κ1) is 18.6. The molecule has 2 rings (SSSR count). The lowest BCUT2D eigenvalue weighted by Gasteiger charge is -2.18. The third-order valence-electron chi connectivity index (χ3n) is 3.33. The Bertz CT molecular complexity index is 743. The molecule has 0 atom stereocenters. The Labute approximate surface area is 154 Å². The molecule has 2 aromatic rings. The summed E-state index contributed by atoms with van der Waals surface area (Å²) < 4.78 is 10.4. The number of carbonyl (C=O) groups excluding carboxylic acids is 1. The molecule has 0 aliphatic carbocycles. The molecule has 0 radical (unpaired) electrons. The van der Waals surface area contributed by atoms with E-state index >= 15 is 0 Å². The fourth-order valence-corrected chi connectivity index (χ4v) is 2.77. The molecule has 0 aliphatic rings. The van der Waals surface area contributed by atoms with Gasteiger partial charge in [0.15, 0.2) is 0 Å². The Hall–Kier alpha value is -1.76. The van der Waals surface area contributed by atoms with Crippen molar-refractivity contribution in [1.29, 1.82) is 0 Å². The zero-order valence-corrected chi connectivity index (χ0v) is 15.4. The topological polar surface area (TPSA) is 64.6 Å². The summed E-state index contributed by atoms with van der Waals surface area (Å²) in [4.78, 5) is 21.7. The van der Waals surface area contributed by atoms with Gasteiger partial charge in [0.2, 0.25) is 5.91 Å². The quantitative estimate of drug-likeness (QED) is 0.729. The molecule has 1 heterocycles. The predicted molar refractivity (Wildman–Crippen MR) is 93.7 cm³/mol. The number of ether oxygens (including phenoxy) is 2. The molecule has 1 amide bonds. The van der Waals surface area contributed by atoms with Crippen molar-refractivity contribution >= 4 is 46.5 Å². The van der Waals surface area contributed by atoms with Crippen LogP contribution in [-0.4, -0.2) is 37.1 Å². The molecule has 0 unspecified atom stereocenters. The first-order valence-corrected chi connectivity index (χ1v) is 7.85. The Kier molecular flexibility index (Phi) is 6.10. The number of hydrogen-bond acceptors (Lipinski definition) is 5. The molecule has 128 valence electrons. The molecule has 1 aromatic carbocycles. The van der Waals surface area contributed by atoms with E-state index in [0.29, 0.717) is 22.9 Å². The summed E-state index contributed by atoms with van der Waals surface area (Å²) in [7, 11) is 4.50. The van der Waals surface area contributed by atoms with Crippen molar-refractivity contribution in [2.45, 2.75) is 6.42 Å². The largest absolute Gasteiger partial charge is 0.495 e.